The van der Waals surface area contributed by atoms with Crippen molar-refractivity contribution in [2.24, 2.45) is 51.8 Å². The van der Waals surface area contributed by atoms with Crippen molar-refractivity contribution in [3.8, 4) is 0 Å². The molecule has 0 aromatic heterocycles. The van der Waals surface area contributed by atoms with Gasteiger partial charge in [-0.1, -0.05) is 70.8 Å². The van der Waals surface area contributed by atoms with Crippen LogP contribution >= 0.6 is 11.8 Å². The molecule has 7 unspecified atom stereocenters. The van der Waals surface area contributed by atoms with Crippen molar-refractivity contribution in [1.29, 1.82) is 0 Å². The van der Waals surface area contributed by atoms with Crippen LogP contribution in [0.15, 0.2) is 34.3 Å². The number of carbonyl (C=O) groups is 2. The lowest BCUT2D eigenvalue weighted by atomic mass is 9.41. The second-order valence-electron chi connectivity index (χ2n) is 15.6. The summed E-state index contributed by atoms with van der Waals surface area (Å²) in [5.74, 6) is 2.23. The third-order valence-electron chi connectivity index (χ3n) is 13.6. The van der Waals surface area contributed by atoms with Crippen molar-refractivity contribution in [1.82, 2.24) is 4.90 Å². The molecule has 0 radical (unpaired) electrons. The van der Waals surface area contributed by atoms with Gasteiger partial charge in [0.05, 0.1) is 17.6 Å². The fraction of sp³-hybridized carbons (Fsp3) is 0.784. The van der Waals surface area contributed by atoms with Gasteiger partial charge in [-0.2, -0.15) is 0 Å². The first-order valence-electron chi connectivity index (χ1n) is 17.6. The predicted molar refractivity (Wildman–Crippen MR) is 173 cm³/mol. The SMILES string of the molecule is CCCCC1CC(C23C[C@@H]4[C@H](C)CC[C@H]4C4(C=O)CC2C=C(C(C)C)C34C(=O)O)OC1CN1CC=C(C2=CCCS2)CC1. The Morgan fingerprint density at radius 3 is 2.74 bits per heavy atom. The van der Waals surface area contributed by atoms with Crippen LogP contribution in [0.4, 0.5) is 0 Å². The summed E-state index contributed by atoms with van der Waals surface area (Å²) in [7, 11) is 0. The molecule has 43 heavy (non-hydrogen) atoms. The van der Waals surface area contributed by atoms with E-state index in [1.54, 1.807) is 0 Å². The number of thioether (sulfide) groups is 1. The highest BCUT2D eigenvalue weighted by atomic mass is 32.2. The summed E-state index contributed by atoms with van der Waals surface area (Å²) in [6, 6.07) is 0. The Labute approximate surface area is 263 Å². The lowest BCUT2D eigenvalue weighted by Crippen LogP contribution is -2.65. The van der Waals surface area contributed by atoms with E-state index in [9.17, 15) is 14.7 Å². The smallest absolute Gasteiger partial charge is 0.315 e. The summed E-state index contributed by atoms with van der Waals surface area (Å²) in [4.78, 5) is 31.6. The van der Waals surface area contributed by atoms with Gasteiger partial charge in [0.25, 0.3) is 0 Å². The van der Waals surface area contributed by atoms with Crippen molar-refractivity contribution in [3.05, 3.63) is 34.3 Å². The van der Waals surface area contributed by atoms with Gasteiger partial charge in [-0.25, -0.2) is 0 Å². The number of aliphatic carboxylic acids is 1. The highest BCUT2D eigenvalue weighted by Crippen LogP contribution is 2.84. The van der Waals surface area contributed by atoms with Gasteiger partial charge in [-0.15, -0.1) is 11.8 Å². The van der Waals surface area contributed by atoms with Crippen LogP contribution in [0.2, 0.25) is 0 Å². The number of allylic oxidation sites excluding steroid dienone is 3. The number of ether oxygens (including phenoxy) is 1. The van der Waals surface area contributed by atoms with E-state index in [0.717, 1.165) is 76.4 Å². The van der Waals surface area contributed by atoms with Crippen molar-refractivity contribution in [3.63, 3.8) is 0 Å². The fourth-order valence-corrected chi connectivity index (χ4v) is 13.0. The van der Waals surface area contributed by atoms with Gasteiger partial charge in [0.1, 0.15) is 11.7 Å². The van der Waals surface area contributed by atoms with Crippen LogP contribution in [-0.4, -0.2) is 59.9 Å². The van der Waals surface area contributed by atoms with Crippen LogP contribution in [0.1, 0.15) is 91.9 Å². The number of aldehydes is 1. The van der Waals surface area contributed by atoms with Crippen LogP contribution in [-0.2, 0) is 14.3 Å². The number of carboxylic acid groups (broad SMARTS) is 1. The van der Waals surface area contributed by atoms with E-state index in [4.69, 9.17) is 4.74 Å². The Morgan fingerprint density at radius 1 is 1.26 bits per heavy atom. The number of fused-ring (bicyclic) bond motifs is 2. The molecule has 236 valence electrons. The Morgan fingerprint density at radius 2 is 2.09 bits per heavy atom. The van der Waals surface area contributed by atoms with Crippen molar-refractivity contribution in [2.45, 2.75) is 104 Å². The van der Waals surface area contributed by atoms with E-state index >= 15 is 0 Å². The minimum atomic E-state index is -1.14. The van der Waals surface area contributed by atoms with Gasteiger partial charge in [0, 0.05) is 35.7 Å². The first kappa shape index (κ1) is 30.3. The molecule has 0 amide bonds. The first-order chi connectivity index (χ1) is 20.7. The molecule has 0 aromatic carbocycles. The molecule has 10 atom stereocenters. The summed E-state index contributed by atoms with van der Waals surface area (Å²) >= 11 is 2.00. The molecule has 7 aliphatic rings. The fourth-order valence-electron chi connectivity index (χ4n) is 11.9. The van der Waals surface area contributed by atoms with Gasteiger partial charge in [0.15, 0.2) is 0 Å². The molecule has 1 saturated heterocycles. The molecular formula is C37H53NO4S. The Hall–Kier alpha value is -1.37. The summed E-state index contributed by atoms with van der Waals surface area (Å²) in [6.45, 7) is 11.9. The maximum absolute atomic E-state index is 14.0. The molecular weight excluding hydrogens is 554 g/mol. The van der Waals surface area contributed by atoms with E-state index in [1.807, 2.05) is 11.8 Å². The van der Waals surface area contributed by atoms with Gasteiger partial charge in [-0.05, 0) is 86.0 Å². The van der Waals surface area contributed by atoms with Crippen LogP contribution in [0.25, 0.3) is 0 Å². The highest BCUT2D eigenvalue weighted by Gasteiger charge is 2.86. The minimum absolute atomic E-state index is 0.103. The molecule has 3 saturated carbocycles. The van der Waals surface area contributed by atoms with E-state index in [2.05, 4.69) is 50.8 Å². The quantitative estimate of drug-likeness (QED) is 0.205. The van der Waals surface area contributed by atoms with Gasteiger partial charge >= 0.3 is 5.97 Å². The third-order valence-corrected chi connectivity index (χ3v) is 14.8. The average Bonchev–Trinajstić information content (AvgIpc) is 3.81. The molecule has 3 aliphatic heterocycles. The monoisotopic (exact) mass is 607 g/mol. The third kappa shape index (κ3) is 4.10. The lowest BCUT2D eigenvalue weighted by molar-refractivity contribution is -0.197. The van der Waals surface area contributed by atoms with Gasteiger partial charge in [-0.3, -0.25) is 9.69 Å². The molecule has 1 N–H and O–H groups in total. The van der Waals surface area contributed by atoms with E-state index in [-0.39, 0.29) is 30.0 Å². The number of rotatable bonds is 10. The molecule has 0 spiro atoms. The standard InChI is InChI=1S/C37H53NO4S/c1-5-6-8-26-17-33(42-31(26)21-38-14-12-25(13-15-38)32-9-7-16-43-32)36-20-28-24(4)10-11-29(28)35(22-39)19-27(36)18-30(23(2)3)37(35,36)34(40)41/h9,12,18,22-24,26-29,31,33H,5-8,10-11,13-17,19-21H2,1-4H3,(H,40,41)/t24-,26?,27?,28-,29-,31?,33?,35?,36?,37?/m1/s1. The number of unbranched alkanes of at least 4 members (excludes halogenated alkanes) is 1. The summed E-state index contributed by atoms with van der Waals surface area (Å²) in [5.41, 5.74) is 0.0743. The first-order valence-corrected chi connectivity index (χ1v) is 18.5. The molecule has 0 aromatic rings. The molecule has 4 fully saturated rings. The molecule has 5 nitrogen and oxygen atoms in total. The zero-order chi connectivity index (χ0) is 30.1. The number of carboxylic acids is 1. The molecule has 4 aliphatic carbocycles. The predicted octanol–water partition coefficient (Wildman–Crippen LogP) is 7.53. The maximum Gasteiger partial charge on any atom is 0.315 e. The van der Waals surface area contributed by atoms with Crippen LogP contribution in [0, 0.1) is 51.8 Å². The number of carbonyl (C=O) groups excluding carboxylic acids is 1. The summed E-state index contributed by atoms with van der Waals surface area (Å²) in [6.07, 6.45) is 18.8. The number of hydrogen-bond donors (Lipinski definition) is 1. The second-order valence-corrected chi connectivity index (χ2v) is 16.8. The second kappa shape index (κ2) is 11.2. The number of hydrogen-bond acceptors (Lipinski definition) is 5. The largest absolute Gasteiger partial charge is 0.481 e. The average molecular weight is 608 g/mol. The van der Waals surface area contributed by atoms with Gasteiger partial charge in [0.2, 0.25) is 0 Å². The Balaban J connectivity index is 1.24. The molecule has 3 heterocycles. The molecule has 7 rings (SSSR count). The Bertz CT molecular complexity index is 1240. The summed E-state index contributed by atoms with van der Waals surface area (Å²) in [5, 5.41) is 11.5. The summed E-state index contributed by atoms with van der Waals surface area (Å²) < 4.78 is 7.33. The zero-order valence-electron chi connectivity index (χ0n) is 26.9. The zero-order valence-corrected chi connectivity index (χ0v) is 27.7. The Kier molecular flexibility index (Phi) is 7.86. The maximum atomic E-state index is 14.0. The highest BCUT2D eigenvalue weighted by molar-refractivity contribution is 8.03. The van der Waals surface area contributed by atoms with E-state index < -0.39 is 22.2 Å². The van der Waals surface area contributed by atoms with Gasteiger partial charge < -0.3 is 14.6 Å². The minimum Gasteiger partial charge on any atom is -0.481 e. The normalized spacial score (nSPS) is 45.3. The topological polar surface area (TPSA) is 66.8 Å². The number of nitrogens with zero attached hydrogens (tertiary/aromatic N) is 1. The molecule has 4 bridgehead atoms. The van der Waals surface area contributed by atoms with E-state index in [1.165, 1.54) is 29.1 Å². The van der Waals surface area contributed by atoms with Crippen molar-refractivity contribution >= 4 is 24.0 Å². The van der Waals surface area contributed by atoms with Crippen molar-refractivity contribution < 1.29 is 19.4 Å². The van der Waals surface area contributed by atoms with Crippen LogP contribution in [0.3, 0.4) is 0 Å². The van der Waals surface area contributed by atoms with Crippen LogP contribution < -0.4 is 0 Å². The lowest BCUT2D eigenvalue weighted by Gasteiger charge is -2.60. The molecule has 6 heteroatoms. The van der Waals surface area contributed by atoms with E-state index in [0.29, 0.717) is 24.2 Å². The van der Waals surface area contributed by atoms with Crippen LogP contribution in [0.5, 0.6) is 0 Å². The van der Waals surface area contributed by atoms with Crippen molar-refractivity contribution in [2.75, 3.05) is 25.4 Å².